The number of rotatable bonds is 5. The molecule has 0 spiro atoms. The molecule has 2 aromatic carbocycles. The summed E-state index contributed by atoms with van der Waals surface area (Å²) in [7, 11) is 0. The number of aromatic nitrogens is 4. The first-order chi connectivity index (χ1) is 15.7. The van der Waals surface area contributed by atoms with Crippen molar-refractivity contribution in [3.63, 3.8) is 0 Å². The fourth-order valence-corrected chi connectivity index (χ4v) is 3.99. The van der Waals surface area contributed by atoms with Gasteiger partial charge in [0.25, 0.3) is 0 Å². The van der Waals surface area contributed by atoms with Crippen LogP contribution in [0.5, 0.6) is 0 Å². The number of aryl methyl sites for hydroxylation is 1. The Hall–Kier alpha value is -4.32. The quantitative estimate of drug-likeness (QED) is 0.383. The van der Waals surface area contributed by atoms with E-state index in [9.17, 15) is 9.90 Å². The standard InChI is InChI=1S/C26H20N4O2/c1-2-30-26-21(16-28-30)24(19-14-18-10-6-7-11-22(18)27-15-19)20(12-13-23(31)32)25(29-26)17-8-4-3-5-9-17/h3-16H,2H2,1H3,(H,31,32). The predicted molar refractivity (Wildman–Crippen MR) is 126 cm³/mol. The molecule has 0 bridgehead atoms. The second-order valence-corrected chi connectivity index (χ2v) is 7.40. The maximum atomic E-state index is 11.4. The molecule has 0 amide bonds. The Labute approximate surface area is 184 Å². The van der Waals surface area contributed by atoms with Gasteiger partial charge in [-0.15, -0.1) is 0 Å². The van der Waals surface area contributed by atoms with Crippen molar-refractivity contribution in [2.24, 2.45) is 0 Å². The van der Waals surface area contributed by atoms with Crippen molar-refractivity contribution in [3.8, 4) is 22.4 Å². The highest BCUT2D eigenvalue weighted by Gasteiger charge is 2.20. The summed E-state index contributed by atoms with van der Waals surface area (Å²) in [6.45, 7) is 2.69. The van der Waals surface area contributed by atoms with Crippen molar-refractivity contribution in [2.75, 3.05) is 0 Å². The summed E-state index contributed by atoms with van der Waals surface area (Å²) in [5.41, 5.74) is 5.73. The van der Waals surface area contributed by atoms with Gasteiger partial charge in [0, 0.05) is 51.8 Å². The van der Waals surface area contributed by atoms with E-state index in [-0.39, 0.29) is 0 Å². The van der Waals surface area contributed by atoms with Gasteiger partial charge < -0.3 is 5.11 Å². The molecule has 6 nitrogen and oxygen atoms in total. The zero-order valence-corrected chi connectivity index (χ0v) is 17.4. The summed E-state index contributed by atoms with van der Waals surface area (Å²) in [5, 5.41) is 15.7. The Bertz CT molecular complexity index is 1490. The lowest BCUT2D eigenvalue weighted by molar-refractivity contribution is -0.131. The second-order valence-electron chi connectivity index (χ2n) is 7.40. The maximum absolute atomic E-state index is 11.4. The highest BCUT2D eigenvalue weighted by Crippen LogP contribution is 2.38. The lowest BCUT2D eigenvalue weighted by atomic mass is 9.93. The van der Waals surface area contributed by atoms with E-state index in [2.05, 4.69) is 16.1 Å². The van der Waals surface area contributed by atoms with Crippen LogP contribution in [0.1, 0.15) is 12.5 Å². The first kappa shape index (κ1) is 19.6. The third kappa shape index (κ3) is 3.41. The first-order valence-corrected chi connectivity index (χ1v) is 10.4. The molecule has 0 atom stereocenters. The van der Waals surface area contributed by atoms with E-state index >= 15 is 0 Å². The normalized spacial score (nSPS) is 11.5. The zero-order valence-electron chi connectivity index (χ0n) is 17.4. The Morgan fingerprint density at radius 1 is 1.03 bits per heavy atom. The number of nitrogens with zero attached hydrogens (tertiary/aromatic N) is 4. The third-order valence-electron chi connectivity index (χ3n) is 5.44. The summed E-state index contributed by atoms with van der Waals surface area (Å²) >= 11 is 0. The average Bonchev–Trinajstić information content (AvgIpc) is 3.24. The van der Waals surface area contributed by atoms with Crippen LogP contribution in [0.25, 0.3) is 50.4 Å². The highest BCUT2D eigenvalue weighted by atomic mass is 16.4. The lowest BCUT2D eigenvalue weighted by Crippen LogP contribution is -2.01. The smallest absolute Gasteiger partial charge is 0.328 e. The number of fused-ring (bicyclic) bond motifs is 2. The molecule has 0 aliphatic carbocycles. The van der Waals surface area contributed by atoms with Gasteiger partial charge in [-0.05, 0) is 25.1 Å². The zero-order chi connectivity index (χ0) is 22.1. The Kier molecular flexibility index (Phi) is 4.95. The molecule has 0 fully saturated rings. The summed E-state index contributed by atoms with van der Waals surface area (Å²) in [4.78, 5) is 21.0. The maximum Gasteiger partial charge on any atom is 0.328 e. The first-order valence-electron chi connectivity index (χ1n) is 10.4. The predicted octanol–water partition coefficient (Wildman–Crippen LogP) is 5.43. The van der Waals surface area contributed by atoms with Gasteiger partial charge in [0.2, 0.25) is 0 Å². The molecular formula is C26H20N4O2. The van der Waals surface area contributed by atoms with Crippen LogP contribution in [0.2, 0.25) is 0 Å². The van der Waals surface area contributed by atoms with Crippen LogP contribution in [0.15, 0.2) is 79.1 Å². The van der Waals surface area contributed by atoms with E-state index in [0.717, 1.165) is 50.3 Å². The van der Waals surface area contributed by atoms with Crippen molar-refractivity contribution in [2.45, 2.75) is 13.5 Å². The van der Waals surface area contributed by atoms with Crippen molar-refractivity contribution in [1.29, 1.82) is 0 Å². The van der Waals surface area contributed by atoms with Crippen molar-refractivity contribution >= 4 is 34.0 Å². The van der Waals surface area contributed by atoms with Gasteiger partial charge in [0.15, 0.2) is 5.65 Å². The van der Waals surface area contributed by atoms with Crippen LogP contribution in [0.4, 0.5) is 0 Å². The number of hydrogen-bond donors (Lipinski definition) is 1. The number of benzene rings is 2. The van der Waals surface area contributed by atoms with Gasteiger partial charge in [-0.25, -0.2) is 14.5 Å². The van der Waals surface area contributed by atoms with Crippen LogP contribution < -0.4 is 0 Å². The minimum atomic E-state index is -1.02. The minimum absolute atomic E-state index is 0.671. The van der Waals surface area contributed by atoms with Gasteiger partial charge in [0.1, 0.15) is 0 Å². The van der Waals surface area contributed by atoms with Crippen LogP contribution >= 0.6 is 0 Å². The third-order valence-corrected chi connectivity index (χ3v) is 5.44. The Morgan fingerprint density at radius 2 is 1.81 bits per heavy atom. The summed E-state index contributed by atoms with van der Waals surface area (Å²) in [6, 6.07) is 19.8. The number of carboxylic acid groups (broad SMARTS) is 1. The van der Waals surface area contributed by atoms with Crippen LogP contribution in [-0.4, -0.2) is 30.8 Å². The van der Waals surface area contributed by atoms with Gasteiger partial charge in [-0.2, -0.15) is 5.10 Å². The lowest BCUT2D eigenvalue weighted by Gasteiger charge is -2.14. The Morgan fingerprint density at radius 3 is 2.59 bits per heavy atom. The monoisotopic (exact) mass is 420 g/mol. The number of hydrogen-bond acceptors (Lipinski definition) is 4. The van der Waals surface area contributed by atoms with E-state index in [4.69, 9.17) is 4.98 Å². The van der Waals surface area contributed by atoms with Gasteiger partial charge in [-0.1, -0.05) is 48.5 Å². The highest BCUT2D eigenvalue weighted by molar-refractivity contribution is 6.03. The largest absolute Gasteiger partial charge is 0.478 e. The average molecular weight is 420 g/mol. The van der Waals surface area contributed by atoms with Crippen LogP contribution in [0, 0.1) is 0 Å². The molecular weight excluding hydrogens is 400 g/mol. The molecule has 0 aliphatic heterocycles. The van der Waals surface area contributed by atoms with E-state index in [0.29, 0.717) is 12.2 Å². The summed E-state index contributed by atoms with van der Waals surface area (Å²) < 4.78 is 1.85. The number of carbonyl (C=O) groups is 1. The molecule has 0 aliphatic rings. The minimum Gasteiger partial charge on any atom is -0.478 e. The molecule has 0 saturated heterocycles. The van der Waals surface area contributed by atoms with E-state index in [1.165, 1.54) is 0 Å². The molecule has 6 heteroatoms. The van der Waals surface area contributed by atoms with Gasteiger partial charge in [-0.3, -0.25) is 4.98 Å². The number of para-hydroxylation sites is 1. The second kappa shape index (κ2) is 8.07. The van der Waals surface area contributed by atoms with Gasteiger partial charge in [0.05, 0.1) is 17.4 Å². The van der Waals surface area contributed by atoms with Gasteiger partial charge >= 0.3 is 5.97 Å². The molecule has 1 N–H and O–H groups in total. The molecule has 156 valence electrons. The van der Waals surface area contributed by atoms with E-state index < -0.39 is 5.97 Å². The number of carboxylic acids is 1. The summed E-state index contributed by atoms with van der Waals surface area (Å²) in [6.07, 6.45) is 6.39. The summed E-state index contributed by atoms with van der Waals surface area (Å²) in [5.74, 6) is -1.02. The molecule has 0 unspecified atom stereocenters. The molecule has 32 heavy (non-hydrogen) atoms. The van der Waals surface area contributed by atoms with Crippen molar-refractivity contribution < 1.29 is 9.90 Å². The van der Waals surface area contributed by atoms with Crippen LogP contribution in [-0.2, 0) is 11.3 Å². The van der Waals surface area contributed by atoms with E-state index in [1.54, 1.807) is 12.3 Å². The van der Waals surface area contributed by atoms with Crippen molar-refractivity contribution in [1.82, 2.24) is 19.7 Å². The van der Waals surface area contributed by atoms with Crippen molar-refractivity contribution in [3.05, 3.63) is 84.7 Å². The molecule has 5 aromatic rings. The number of pyridine rings is 2. The fourth-order valence-electron chi connectivity index (χ4n) is 3.99. The fraction of sp³-hybridized carbons (Fsp3) is 0.0769. The molecule has 3 aromatic heterocycles. The molecule has 5 rings (SSSR count). The number of aliphatic carboxylic acids is 1. The SMILES string of the molecule is CCn1ncc2c(-c3cnc4ccccc4c3)c(C=CC(=O)O)c(-c3ccccc3)nc21. The molecule has 0 radical (unpaired) electrons. The van der Waals surface area contributed by atoms with Crippen LogP contribution in [0.3, 0.4) is 0 Å². The van der Waals surface area contributed by atoms with E-state index in [1.807, 2.05) is 72.4 Å². The topological polar surface area (TPSA) is 80.9 Å². The molecule has 0 saturated carbocycles. The Balaban J connectivity index is 1.91. The molecule has 3 heterocycles.